The Morgan fingerprint density at radius 2 is 1.60 bits per heavy atom. The molecule has 0 radical (unpaired) electrons. The molecule has 1 fully saturated rings. The van der Waals surface area contributed by atoms with E-state index in [9.17, 15) is 21.6 Å². The van der Waals surface area contributed by atoms with E-state index in [2.05, 4.69) is 0 Å². The van der Waals surface area contributed by atoms with Gasteiger partial charge < -0.3 is 0 Å². The Balaban J connectivity index is 2.43. The van der Waals surface area contributed by atoms with E-state index in [4.69, 9.17) is 10.7 Å². The van der Waals surface area contributed by atoms with Crippen molar-refractivity contribution in [3.05, 3.63) is 0 Å². The zero-order chi connectivity index (χ0) is 11.7. The van der Waals surface area contributed by atoms with Gasteiger partial charge in [0.2, 0.25) is 9.05 Å². The summed E-state index contributed by atoms with van der Waals surface area (Å²) in [6, 6.07) is 0. The molecule has 0 bridgehead atoms. The summed E-state index contributed by atoms with van der Waals surface area (Å²) < 4.78 is 58.2. The van der Waals surface area contributed by atoms with Gasteiger partial charge in [0.1, 0.15) is 0 Å². The Kier molecular flexibility index (Phi) is 3.92. The van der Waals surface area contributed by atoms with Crippen LogP contribution < -0.4 is 0 Å². The number of hydrogen-bond acceptors (Lipinski definition) is 2. The average molecular weight is 265 g/mol. The quantitative estimate of drug-likeness (QED) is 0.719. The summed E-state index contributed by atoms with van der Waals surface area (Å²) in [5.41, 5.74) is 0. The molecular formula is C8H12ClF3O2S. The zero-order valence-electron chi connectivity index (χ0n) is 7.93. The van der Waals surface area contributed by atoms with E-state index in [0.717, 1.165) is 0 Å². The van der Waals surface area contributed by atoms with Crippen molar-refractivity contribution in [3.8, 4) is 0 Å². The molecule has 0 aromatic heterocycles. The first kappa shape index (κ1) is 13.1. The molecule has 0 heterocycles. The second-order valence-corrected chi connectivity index (χ2v) is 6.79. The Morgan fingerprint density at radius 3 is 1.93 bits per heavy atom. The SMILES string of the molecule is O=S(=O)(Cl)CC1CCC(C(F)(F)F)CC1. The van der Waals surface area contributed by atoms with Crippen molar-refractivity contribution in [2.24, 2.45) is 11.8 Å². The van der Waals surface area contributed by atoms with Gasteiger partial charge in [-0.25, -0.2) is 8.42 Å². The van der Waals surface area contributed by atoms with Crippen LogP contribution in [0, 0.1) is 11.8 Å². The van der Waals surface area contributed by atoms with Crippen LogP contribution in [0.25, 0.3) is 0 Å². The fraction of sp³-hybridized carbons (Fsp3) is 1.00. The first-order valence-electron chi connectivity index (χ1n) is 4.67. The first-order valence-corrected chi connectivity index (χ1v) is 7.15. The summed E-state index contributed by atoms with van der Waals surface area (Å²) in [5.74, 6) is -1.70. The van der Waals surface area contributed by atoms with E-state index in [1.54, 1.807) is 0 Å². The van der Waals surface area contributed by atoms with Crippen molar-refractivity contribution in [1.82, 2.24) is 0 Å². The number of rotatable bonds is 2. The molecule has 90 valence electrons. The van der Waals surface area contributed by atoms with E-state index < -0.39 is 21.1 Å². The largest absolute Gasteiger partial charge is 0.391 e. The molecular weight excluding hydrogens is 253 g/mol. The number of hydrogen-bond donors (Lipinski definition) is 0. The van der Waals surface area contributed by atoms with E-state index in [1.165, 1.54) is 0 Å². The highest BCUT2D eigenvalue weighted by atomic mass is 35.7. The lowest BCUT2D eigenvalue weighted by Crippen LogP contribution is -2.29. The molecule has 0 N–H and O–H groups in total. The van der Waals surface area contributed by atoms with Crippen LogP contribution in [0.5, 0.6) is 0 Å². The van der Waals surface area contributed by atoms with Crippen LogP contribution in [-0.2, 0) is 9.05 Å². The van der Waals surface area contributed by atoms with Gasteiger partial charge >= 0.3 is 6.18 Å². The molecule has 7 heteroatoms. The monoisotopic (exact) mass is 264 g/mol. The molecule has 0 aromatic carbocycles. The summed E-state index contributed by atoms with van der Waals surface area (Å²) in [7, 11) is 1.46. The zero-order valence-corrected chi connectivity index (χ0v) is 9.50. The second kappa shape index (κ2) is 4.49. The fourth-order valence-corrected chi connectivity index (χ4v) is 3.37. The van der Waals surface area contributed by atoms with E-state index in [-0.39, 0.29) is 37.4 Å². The van der Waals surface area contributed by atoms with E-state index in [0.29, 0.717) is 0 Å². The van der Waals surface area contributed by atoms with Crippen molar-refractivity contribution in [2.75, 3.05) is 5.75 Å². The molecule has 15 heavy (non-hydrogen) atoms. The Hall–Kier alpha value is 0.0300. The minimum Gasteiger partial charge on any atom is -0.212 e. The Morgan fingerprint density at radius 1 is 1.13 bits per heavy atom. The summed E-state index contributed by atoms with van der Waals surface area (Å²) >= 11 is 0. The number of halogens is 4. The van der Waals surface area contributed by atoms with Gasteiger partial charge in [-0.2, -0.15) is 13.2 Å². The maximum atomic E-state index is 12.3. The minimum absolute atomic E-state index is 0.0145. The number of alkyl halides is 3. The normalized spacial score (nSPS) is 29.1. The van der Waals surface area contributed by atoms with Crippen molar-refractivity contribution >= 4 is 19.7 Å². The molecule has 1 rings (SSSR count). The lowest BCUT2D eigenvalue weighted by molar-refractivity contribution is -0.183. The van der Waals surface area contributed by atoms with Crippen LogP contribution in [0.4, 0.5) is 13.2 Å². The summed E-state index contributed by atoms with van der Waals surface area (Å²) in [6.07, 6.45) is -3.54. The van der Waals surface area contributed by atoms with Crippen LogP contribution >= 0.6 is 10.7 Å². The third-order valence-corrected chi connectivity index (χ3v) is 3.99. The Bertz CT molecular complexity index is 304. The predicted molar refractivity (Wildman–Crippen MR) is 51.1 cm³/mol. The molecule has 1 saturated carbocycles. The van der Waals surface area contributed by atoms with Crippen LogP contribution in [0.3, 0.4) is 0 Å². The van der Waals surface area contributed by atoms with Gasteiger partial charge in [-0.1, -0.05) is 0 Å². The smallest absolute Gasteiger partial charge is 0.212 e. The highest BCUT2D eigenvalue weighted by Gasteiger charge is 2.41. The van der Waals surface area contributed by atoms with Gasteiger partial charge in [0.05, 0.1) is 11.7 Å². The molecule has 0 amide bonds. The van der Waals surface area contributed by atoms with Crippen LogP contribution in [-0.4, -0.2) is 20.3 Å². The van der Waals surface area contributed by atoms with Gasteiger partial charge in [0.25, 0.3) is 0 Å². The summed E-state index contributed by atoms with van der Waals surface area (Å²) in [4.78, 5) is 0. The minimum atomic E-state index is -4.15. The molecule has 0 aromatic rings. The standard InChI is InChI=1S/C8H12ClF3O2S/c9-15(13,14)5-6-1-3-7(4-2-6)8(10,11)12/h6-7H,1-5H2. The van der Waals surface area contributed by atoms with Crippen molar-refractivity contribution in [2.45, 2.75) is 31.9 Å². The molecule has 0 atom stereocenters. The third kappa shape index (κ3) is 4.59. The van der Waals surface area contributed by atoms with E-state index in [1.807, 2.05) is 0 Å². The predicted octanol–water partition coefficient (Wildman–Crippen LogP) is 2.92. The van der Waals surface area contributed by atoms with Crippen LogP contribution in [0.15, 0.2) is 0 Å². The van der Waals surface area contributed by atoms with Gasteiger partial charge in [-0.05, 0) is 31.6 Å². The van der Waals surface area contributed by atoms with Crippen molar-refractivity contribution < 1.29 is 21.6 Å². The van der Waals surface area contributed by atoms with Gasteiger partial charge in [-0.15, -0.1) is 0 Å². The molecule has 1 aliphatic rings. The molecule has 2 nitrogen and oxygen atoms in total. The van der Waals surface area contributed by atoms with Crippen LogP contribution in [0.1, 0.15) is 25.7 Å². The summed E-state index contributed by atoms with van der Waals surface area (Å²) in [5, 5.41) is 0. The topological polar surface area (TPSA) is 34.1 Å². The molecule has 1 aliphatic carbocycles. The van der Waals surface area contributed by atoms with Crippen molar-refractivity contribution in [3.63, 3.8) is 0 Å². The van der Waals surface area contributed by atoms with Crippen molar-refractivity contribution in [1.29, 1.82) is 0 Å². The summed E-state index contributed by atoms with van der Waals surface area (Å²) in [6.45, 7) is 0. The molecule has 0 aliphatic heterocycles. The third-order valence-electron chi connectivity index (χ3n) is 2.74. The lowest BCUT2D eigenvalue weighted by atomic mass is 9.82. The van der Waals surface area contributed by atoms with Crippen LogP contribution in [0.2, 0.25) is 0 Å². The van der Waals surface area contributed by atoms with E-state index >= 15 is 0 Å². The molecule has 0 saturated heterocycles. The average Bonchev–Trinajstić information content (AvgIpc) is 2.00. The maximum absolute atomic E-state index is 12.3. The van der Waals surface area contributed by atoms with Gasteiger partial charge in [-0.3, -0.25) is 0 Å². The van der Waals surface area contributed by atoms with Gasteiger partial charge in [0.15, 0.2) is 0 Å². The molecule has 0 unspecified atom stereocenters. The first-order chi connectivity index (χ1) is 6.68. The highest BCUT2D eigenvalue weighted by molar-refractivity contribution is 8.13. The second-order valence-electron chi connectivity index (χ2n) is 3.96. The molecule has 0 spiro atoms. The fourth-order valence-electron chi connectivity index (χ4n) is 1.94. The highest BCUT2D eigenvalue weighted by Crippen LogP contribution is 2.39. The lowest BCUT2D eigenvalue weighted by Gasteiger charge is -2.29. The van der Waals surface area contributed by atoms with Gasteiger partial charge in [0, 0.05) is 10.7 Å². The maximum Gasteiger partial charge on any atom is 0.391 e. The Labute approximate surface area is 91.2 Å².